The summed E-state index contributed by atoms with van der Waals surface area (Å²) in [5, 5.41) is 13.9. The van der Waals surface area contributed by atoms with Crippen LogP contribution in [0.3, 0.4) is 0 Å². The average molecular weight is 501 g/mol. The van der Waals surface area contributed by atoms with Gasteiger partial charge in [-0.15, -0.1) is 0 Å². The largest absolute Gasteiger partial charge is 0.507 e. The number of halogens is 1. The number of H-pyrrole nitrogens is 1. The molecule has 0 fully saturated rings. The SMILES string of the molecule is COc1ccc(Cl)cc1NC(=O)c1ccc2nc(-c3cc(-c4cccnc4OC)ccc3O)[nH]c2c1. The van der Waals surface area contributed by atoms with Gasteiger partial charge in [0.15, 0.2) is 0 Å². The van der Waals surface area contributed by atoms with Gasteiger partial charge in [-0.25, -0.2) is 9.97 Å². The van der Waals surface area contributed by atoms with Crippen LogP contribution in [0.25, 0.3) is 33.5 Å². The van der Waals surface area contributed by atoms with Crippen LogP contribution >= 0.6 is 11.6 Å². The summed E-state index contributed by atoms with van der Waals surface area (Å²) < 4.78 is 10.7. The number of rotatable bonds is 6. The Morgan fingerprint density at radius 3 is 2.67 bits per heavy atom. The molecule has 0 saturated heterocycles. The van der Waals surface area contributed by atoms with Crippen molar-refractivity contribution in [2.24, 2.45) is 0 Å². The van der Waals surface area contributed by atoms with Gasteiger partial charge < -0.3 is 24.9 Å². The number of methoxy groups -OCH3 is 2. The van der Waals surface area contributed by atoms with Crippen molar-refractivity contribution in [1.29, 1.82) is 0 Å². The third kappa shape index (κ3) is 4.42. The quantitative estimate of drug-likeness (QED) is 0.267. The summed E-state index contributed by atoms with van der Waals surface area (Å²) in [6.07, 6.45) is 1.65. The number of aromatic amines is 1. The Labute approximate surface area is 211 Å². The Balaban J connectivity index is 1.48. The number of pyridine rings is 1. The Hall–Kier alpha value is -4.56. The van der Waals surface area contributed by atoms with Crippen LogP contribution in [-0.2, 0) is 0 Å². The molecule has 0 unspecified atom stereocenters. The molecular formula is C27H21ClN4O4. The van der Waals surface area contributed by atoms with Crippen molar-refractivity contribution in [2.45, 2.75) is 0 Å². The second kappa shape index (κ2) is 9.59. The molecular weight excluding hydrogens is 480 g/mol. The molecule has 3 N–H and O–H groups in total. The lowest BCUT2D eigenvalue weighted by atomic mass is 10.0. The number of benzene rings is 3. The van der Waals surface area contributed by atoms with Crippen LogP contribution in [0.2, 0.25) is 5.02 Å². The fraction of sp³-hybridized carbons (Fsp3) is 0.0741. The van der Waals surface area contributed by atoms with Gasteiger partial charge in [-0.2, -0.15) is 0 Å². The van der Waals surface area contributed by atoms with E-state index in [1.807, 2.05) is 18.2 Å². The molecule has 0 radical (unpaired) electrons. The van der Waals surface area contributed by atoms with Crippen molar-refractivity contribution in [3.63, 3.8) is 0 Å². The zero-order valence-corrected chi connectivity index (χ0v) is 20.1. The normalized spacial score (nSPS) is 10.9. The van der Waals surface area contributed by atoms with Gasteiger partial charge >= 0.3 is 0 Å². The first-order chi connectivity index (χ1) is 17.5. The predicted molar refractivity (Wildman–Crippen MR) is 139 cm³/mol. The molecule has 1 amide bonds. The Morgan fingerprint density at radius 1 is 1.00 bits per heavy atom. The van der Waals surface area contributed by atoms with E-state index < -0.39 is 0 Å². The molecule has 36 heavy (non-hydrogen) atoms. The maximum Gasteiger partial charge on any atom is 0.255 e. The van der Waals surface area contributed by atoms with E-state index in [-0.39, 0.29) is 11.7 Å². The number of phenols is 1. The van der Waals surface area contributed by atoms with E-state index in [1.165, 1.54) is 7.11 Å². The third-order valence-corrected chi connectivity index (χ3v) is 5.92. The number of fused-ring (bicyclic) bond motifs is 1. The number of carbonyl (C=O) groups is 1. The summed E-state index contributed by atoms with van der Waals surface area (Å²) in [6, 6.07) is 19.0. The molecule has 0 saturated carbocycles. The molecule has 9 heteroatoms. The monoisotopic (exact) mass is 500 g/mol. The average Bonchev–Trinajstić information content (AvgIpc) is 3.32. The highest BCUT2D eigenvalue weighted by molar-refractivity contribution is 6.31. The highest BCUT2D eigenvalue weighted by atomic mass is 35.5. The van der Waals surface area contributed by atoms with Gasteiger partial charge in [-0.05, 0) is 66.2 Å². The van der Waals surface area contributed by atoms with Gasteiger partial charge in [0.1, 0.15) is 17.3 Å². The van der Waals surface area contributed by atoms with Gasteiger partial charge in [0.05, 0.1) is 36.5 Å². The predicted octanol–water partition coefficient (Wildman–Crippen LogP) is 5.92. The molecule has 2 heterocycles. The minimum absolute atomic E-state index is 0.0617. The second-order valence-corrected chi connectivity index (χ2v) is 8.34. The molecule has 0 bridgehead atoms. The van der Waals surface area contributed by atoms with Gasteiger partial charge in [0, 0.05) is 22.3 Å². The number of nitrogens with one attached hydrogen (secondary N) is 2. The van der Waals surface area contributed by atoms with Crippen molar-refractivity contribution in [2.75, 3.05) is 19.5 Å². The van der Waals surface area contributed by atoms with E-state index in [4.69, 9.17) is 21.1 Å². The molecule has 0 atom stereocenters. The Bertz CT molecular complexity index is 1600. The summed E-state index contributed by atoms with van der Waals surface area (Å²) in [5.74, 6) is 1.17. The molecule has 180 valence electrons. The van der Waals surface area contributed by atoms with E-state index in [2.05, 4.69) is 20.3 Å². The number of anilines is 1. The molecule has 0 spiro atoms. The van der Waals surface area contributed by atoms with E-state index in [0.717, 1.165) is 11.1 Å². The lowest BCUT2D eigenvalue weighted by molar-refractivity contribution is 0.102. The van der Waals surface area contributed by atoms with E-state index in [9.17, 15) is 9.90 Å². The number of hydrogen-bond donors (Lipinski definition) is 3. The van der Waals surface area contributed by atoms with Crippen molar-refractivity contribution < 1.29 is 19.4 Å². The number of ether oxygens (including phenoxy) is 2. The number of carbonyl (C=O) groups excluding carboxylic acids is 1. The third-order valence-electron chi connectivity index (χ3n) is 5.68. The summed E-state index contributed by atoms with van der Waals surface area (Å²) in [7, 11) is 3.08. The summed E-state index contributed by atoms with van der Waals surface area (Å²) in [6.45, 7) is 0. The molecule has 0 aliphatic rings. The number of imidazole rings is 1. The minimum Gasteiger partial charge on any atom is -0.507 e. The molecule has 8 nitrogen and oxygen atoms in total. The number of nitrogens with zero attached hydrogens (tertiary/aromatic N) is 2. The molecule has 2 aromatic heterocycles. The number of phenolic OH excluding ortho intramolecular Hbond substituents is 1. The Kier molecular flexibility index (Phi) is 6.18. The van der Waals surface area contributed by atoms with Crippen LogP contribution in [-0.4, -0.2) is 40.2 Å². The van der Waals surface area contributed by atoms with Crippen LogP contribution in [0, 0.1) is 0 Å². The lowest BCUT2D eigenvalue weighted by Crippen LogP contribution is -2.12. The smallest absolute Gasteiger partial charge is 0.255 e. The van der Waals surface area contributed by atoms with Crippen LogP contribution in [0.4, 0.5) is 5.69 Å². The number of aromatic nitrogens is 3. The van der Waals surface area contributed by atoms with Gasteiger partial charge in [-0.3, -0.25) is 4.79 Å². The van der Waals surface area contributed by atoms with Crippen LogP contribution in [0.1, 0.15) is 10.4 Å². The first kappa shape index (κ1) is 23.2. The first-order valence-electron chi connectivity index (χ1n) is 10.9. The fourth-order valence-electron chi connectivity index (χ4n) is 3.92. The number of hydrogen-bond acceptors (Lipinski definition) is 6. The van der Waals surface area contributed by atoms with E-state index in [1.54, 1.807) is 61.8 Å². The van der Waals surface area contributed by atoms with Crippen molar-refractivity contribution in [1.82, 2.24) is 15.0 Å². The van der Waals surface area contributed by atoms with Gasteiger partial charge in [0.2, 0.25) is 5.88 Å². The van der Waals surface area contributed by atoms with Crippen LogP contribution in [0.15, 0.2) is 72.9 Å². The molecule has 3 aromatic carbocycles. The van der Waals surface area contributed by atoms with Crippen molar-refractivity contribution in [3.05, 3.63) is 83.5 Å². The minimum atomic E-state index is -0.331. The van der Waals surface area contributed by atoms with E-state index >= 15 is 0 Å². The van der Waals surface area contributed by atoms with Crippen molar-refractivity contribution >= 4 is 34.2 Å². The topological polar surface area (TPSA) is 109 Å². The van der Waals surface area contributed by atoms with Crippen LogP contribution in [0.5, 0.6) is 17.4 Å². The summed E-state index contributed by atoms with van der Waals surface area (Å²) >= 11 is 6.07. The fourth-order valence-corrected chi connectivity index (χ4v) is 4.09. The maximum absolute atomic E-state index is 12.9. The summed E-state index contributed by atoms with van der Waals surface area (Å²) in [5.41, 5.74) is 4.26. The molecule has 5 rings (SSSR count). The standard InChI is InChI=1S/C27H21ClN4O4/c1-35-24-10-7-17(28)14-22(24)32-26(34)16-5-8-20-21(13-16)31-25(30-20)19-12-15(6-9-23(19)33)18-4-3-11-29-27(18)36-2/h3-14,33H,1-2H3,(H,30,31)(H,32,34). The highest BCUT2D eigenvalue weighted by Crippen LogP contribution is 2.36. The lowest BCUT2D eigenvalue weighted by Gasteiger charge is -2.10. The summed E-state index contributed by atoms with van der Waals surface area (Å²) in [4.78, 5) is 25.0. The maximum atomic E-state index is 12.9. The molecule has 0 aliphatic heterocycles. The molecule has 5 aromatic rings. The van der Waals surface area contributed by atoms with Crippen LogP contribution < -0.4 is 14.8 Å². The Morgan fingerprint density at radius 2 is 1.86 bits per heavy atom. The zero-order chi connectivity index (χ0) is 25.2. The first-order valence-corrected chi connectivity index (χ1v) is 11.3. The van der Waals surface area contributed by atoms with Crippen molar-refractivity contribution in [3.8, 4) is 39.9 Å². The van der Waals surface area contributed by atoms with Gasteiger partial charge in [0.25, 0.3) is 5.91 Å². The highest BCUT2D eigenvalue weighted by Gasteiger charge is 2.16. The number of aromatic hydroxyl groups is 1. The van der Waals surface area contributed by atoms with Gasteiger partial charge in [-0.1, -0.05) is 17.7 Å². The number of amides is 1. The zero-order valence-electron chi connectivity index (χ0n) is 19.4. The second-order valence-electron chi connectivity index (χ2n) is 7.91. The van der Waals surface area contributed by atoms with E-state index in [0.29, 0.717) is 50.3 Å². The molecule has 0 aliphatic carbocycles.